The predicted octanol–water partition coefficient (Wildman–Crippen LogP) is 9.02. The molecule has 3 heterocycles. The second-order valence-electron chi connectivity index (χ2n) is 11.5. The molecule has 0 radical (unpaired) electrons. The highest BCUT2D eigenvalue weighted by atomic mass is 35.5. The molecule has 0 unspecified atom stereocenters. The fourth-order valence-corrected chi connectivity index (χ4v) is 6.52. The fraction of sp³-hybridized carbons (Fsp3) is 0.200. The van der Waals surface area contributed by atoms with E-state index in [0.717, 1.165) is 65.2 Å². The maximum absolute atomic E-state index is 12.0. The molecule has 222 valence electrons. The molecule has 0 saturated heterocycles. The van der Waals surface area contributed by atoms with Crippen molar-refractivity contribution in [3.05, 3.63) is 89.1 Å². The quantitative estimate of drug-likeness (QED) is 0.190. The Morgan fingerprint density at radius 2 is 1.75 bits per heavy atom. The molecule has 9 heteroatoms. The smallest absolute Gasteiger partial charge is 0.307 e. The zero-order valence-corrected chi connectivity index (χ0v) is 26.5. The SMILES string of the molecule is COc1ccc2ccc(-c3cc(-c4nc5cc(C)c(CC(=O)O)c(-c6ccc(Cl)cc6OC(C)(C)C)c5s4)ccn3)cc2n1. The van der Waals surface area contributed by atoms with Crippen molar-refractivity contribution in [2.24, 2.45) is 0 Å². The van der Waals surface area contributed by atoms with E-state index in [1.807, 2.05) is 82.3 Å². The molecule has 0 fully saturated rings. The number of ether oxygens (including phenoxy) is 2. The molecule has 0 aliphatic rings. The normalized spacial score (nSPS) is 11.7. The summed E-state index contributed by atoms with van der Waals surface area (Å²) in [4.78, 5) is 26.3. The highest BCUT2D eigenvalue weighted by molar-refractivity contribution is 7.22. The van der Waals surface area contributed by atoms with E-state index in [4.69, 9.17) is 26.1 Å². The average Bonchev–Trinajstić information content (AvgIpc) is 3.40. The molecule has 0 saturated carbocycles. The number of halogens is 1. The summed E-state index contributed by atoms with van der Waals surface area (Å²) >= 11 is 7.92. The first-order valence-corrected chi connectivity index (χ1v) is 15.2. The number of aryl methyl sites for hydroxylation is 1. The number of rotatable bonds is 7. The van der Waals surface area contributed by atoms with Gasteiger partial charge in [0.15, 0.2) is 0 Å². The molecule has 0 aliphatic heterocycles. The van der Waals surface area contributed by atoms with Crippen molar-refractivity contribution in [3.63, 3.8) is 0 Å². The maximum Gasteiger partial charge on any atom is 0.307 e. The Bertz CT molecular complexity index is 2070. The third kappa shape index (κ3) is 5.96. The summed E-state index contributed by atoms with van der Waals surface area (Å²) in [6, 6.07) is 21.3. The van der Waals surface area contributed by atoms with E-state index in [1.54, 1.807) is 25.4 Å². The summed E-state index contributed by atoms with van der Waals surface area (Å²) in [6.45, 7) is 7.83. The Hall–Kier alpha value is -4.53. The van der Waals surface area contributed by atoms with Crippen LogP contribution in [0.2, 0.25) is 5.02 Å². The van der Waals surface area contributed by atoms with E-state index < -0.39 is 11.6 Å². The summed E-state index contributed by atoms with van der Waals surface area (Å²) in [7, 11) is 1.60. The van der Waals surface area contributed by atoms with Crippen molar-refractivity contribution in [3.8, 4) is 44.6 Å². The van der Waals surface area contributed by atoms with E-state index in [1.165, 1.54) is 11.3 Å². The molecule has 3 aromatic carbocycles. The molecule has 0 bridgehead atoms. The number of carboxylic acids is 1. The number of carboxylic acid groups (broad SMARTS) is 1. The Labute approximate surface area is 264 Å². The molecule has 0 amide bonds. The van der Waals surface area contributed by atoms with Gasteiger partial charge in [0.05, 0.1) is 35.0 Å². The second-order valence-corrected chi connectivity index (χ2v) is 13.0. The van der Waals surface area contributed by atoms with Crippen LogP contribution in [0.3, 0.4) is 0 Å². The third-order valence-electron chi connectivity index (χ3n) is 7.15. The topological polar surface area (TPSA) is 94.4 Å². The van der Waals surface area contributed by atoms with Crippen molar-refractivity contribution in [1.29, 1.82) is 0 Å². The van der Waals surface area contributed by atoms with Crippen LogP contribution in [-0.2, 0) is 11.2 Å². The standard InChI is InChI=1S/C35H30ClN3O4S/c1-19-14-28-33(32(25(19)18-31(40)41)24-10-9-23(36)17-29(24)43-35(2,3)4)44-34(39-28)22-12-13-37-26(16-22)21-7-6-20-8-11-30(42-5)38-27(20)15-21/h6-17H,18H2,1-5H3,(H,40,41). The van der Waals surface area contributed by atoms with Crippen LogP contribution in [0.1, 0.15) is 31.9 Å². The number of benzene rings is 3. The largest absolute Gasteiger partial charge is 0.487 e. The summed E-state index contributed by atoms with van der Waals surface area (Å²) in [6.07, 6.45) is 1.64. The van der Waals surface area contributed by atoms with Gasteiger partial charge in [-0.1, -0.05) is 23.7 Å². The number of carbonyl (C=O) groups is 1. The molecule has 44 heavy (non-hydrogen) atoms. The molecular formula is C35H30ClN3O4S. The number of methoxy groups -OCH3 is 1. The number of hydrogen-bond donors (Lipinski definition) is 1. The van der Waals surface area contributed by atoms with Gasteiger partial charge < -0.3 is 14.6 Å². The van der Waals surface area contributed by atoms with Gasteiger partial charge in [-0.05, 0) is 87.4 Å². The van der Waals surface area contributed by atoms with E-state index >= 15 is 0 Å². The van der Waals surface area contributed by atoms with Gasteiger partial charge in [-0.25, -0.2) is 9.97 Å². The average molecular weight is 624 g/mol. The molecule has 0 aliphatic carbocycles. The minimum Gasteiger partial charge on any atom is -0.487 e. The van der Waals surface area contributed by atoms with Crippen molar-refractivity contribution in [2.45, 2.75) is 39.7 Å². The van der Waals surface area contributed by atoms with Crippen LogP contribution in [0.25, 0.3) is 54.1 Å². The first-order valence-electron chi connectivity index (χ1n) is 14.0. The molecule has 0 spiro atoms. The Kier molecular flexibility index (Phi) is 7.73. The van der Waals surface area contributed by atoms with Gasteiger partial charge in [0.2, 0.25) is 5.88 Å². The first-order chi connectivity index (χ1) is 21.0. The summed E-state index contributed by atoms with van der Waals surface area (Å²) in [5.74, 6) is 0.231. The van der Waals surface area contributed by atoms with Gasteiger partial charge in [-0.15, -0.1) is 11.3 Å². The van der Waals surface area contributed by atoms with Crippen LogP contribution in [-0.4, -0.2) is 38.7 Å². The first kappa shape index (κ1) is 29.5. The summed E-state index contributed by atoms with van der Waals surface area (Å²) < 4.78 is 12.5. The number of nitrogens with zero attached hydrogens (tertiary/aromatic N) is 3. The van der Waals surface area contributed by atoms with Gasteiger partial charge in [0.1, 0.15) is 16.4 Å². The van der Waals surface area contributed by atoms with Crippen molar-refractivity contribution in [2.75, 3.05) is 7.11 Å². The van der Waals surface area contributed by atoms with Gasteiger partial charge in [-0.3, -0.25) is 9.78 Å². The van der Waals surface area contributed by atoms with E-state index in [-0.39, 0.29) is 6.42 Å². The van der Waals surface area contributed by atoms with Gasteiger partial charge >= 0.3 is 5.97 Å². The summed E-state index contributed by atoms with van der Waals surface area (Å²) in [5, 5.41) is 12.2. The zero-order valence-electron chi connectivity index (χ0n) is 24.9. The lowest BCUT2D eigenvalue weighted by molar-refractivity contribution is -0.136. The fourth-order valence-electron chi connectivity index (χ4n) is 5.23. The number of hydrogen-bond acceptors (Lipinski definition) is 7. The van der Waals surface area contributed by atoms with Crippen LogP contribution < -0.4 is 9.47 Å². The second kappa shape index (κ2) is 11.5. The minimum absolute atomic E-state index is 0.137. The van der Waals surface area contributed by atoms with Gasteiger partial charge in [0, 0.05) is 44.9 Å². The van der Waals surface area contributed by atoms with Crippen LogP contribution in [0, 0.1) is 6.92 Å². The third-order valence-corrected chi connectivity index (χ3v) is 8.52. The van der Waals surface area contributed by atoms with Crippen LogP contribution in [0.5, 0.6) is 11.6 Å². The monoisotopic (exact) mass is 623 g/mol. The molecule has 6 rings (SSSR count). The Morgan fingerprint density at radius 1 is 0.955 bits per heavy atom. The number of aliphatic carboxylic acids is 1. The van der Waals surface area contributed by atoms with E-state index in [2.05, 4.69) is 9.97 Å². The van der Waals surface area contributed by atoms with Crippen molar-refractivity contribution < 1.29 is 19.4 Å². The van der Waals surface area contributed by atoms with Crippen LogP contribution in [0.4, 0.5) is 0 Å². The lowest BCUT2D eigenvalue weighted by atomic mass is 9.92. The molecule has 7 nitrogen and oxygen atoms in total. The molecule has 1 N–H and O–H groups in total. The van der Waals surface area contributed by atoms with Crippen molar-refractivity contribution >= 4 is 50.0 Å². The van der Waals surface area contributed by atoms with E-state index in [9.17, 15) is 9.90 Å². The number of fused-ring (bicyclic) bond motifs is 2. The van der Waals surface area contributed by atoms with Crippen LogP contribution >= 0.6 is 22.9 Å². The molecule has 6 aromatic rings. The number of aromatic nitrogens is 3. The number of thiazole rings is 1. The lowest BCUT2D eigenvalue weighted by Gasteiger charge is -2.24. The predicted molar refractivity (Wildman–Crippen MR) is 177 cm³/mol. The zero-order chi connectivity index (χ0) is 31.2. The molecule has 0 atom stereocenters. The highest BCUT2D eigenvalue weighted by Crippen LogP contribution is 2.45. The Balaban J connectivity index is 1.51. The molecule has 3 aromatic heterocycles. The maximum atomic E-state index is 12.0. The highest BCUT2D eigenvalue weighted by Gasteiger charge is 2.24. The Morgan fingerprint density at radius 3 is 2.50 bits per heavy atom. The van der Waals surface area contributed by atoms with Gasteiger partial charge in [0.25, 0.3) is 0 Å². The van der Waals surface area contributed by atoms with Gasteiger partial charge in [-0.2, -0.15) is 0 Å². The summed E-state index contributed by atoms with van der Waals surface area (Å²) in [5.41, 5.74) is 6.85. The van der Waals surface area contributed by atoms with Crippen LogP contribution in [0.15, 0.2) is 72.9 Å². The number of pyridine rings is 2. The van der Waals surface area contributed by atoms with Crippen molar-refractivity contribution in [1.82, 2.24) is 15.0 Å². The molecular weight excluding hydrogens is 594 g/mol. The lowest BCUT2D eigenvalue weighted by Crippen LogP contribution is -2.23. The van der Waals surface area contributed by atoms with E-state index in [0.29, 0.717) is 16.7 Å². The minimum atomic E-state index is -0.910.